The van der Waals surface area contributed by atoms with Gasteiger partial charge in [0.25, 0.3) is 5.56 Å². The van der Waals surface area contributed by atoms with Crippen LogP contribution in [-0.2, 0) is 26.9 Å². The molecule has 2 bridgehead atoms. The van der Waals surface area contributed by atoms with Crippen molar-refractivity contribution in [3.63, 3.8) is 0 Å². The molecule has 8 rings (SSSR count). The molecule has 0 spiro atoms. The van der Waals surface area contributed by atoms with Gasteiger partial charge in [0.1, 0.15) is 23.8 Å². The van der Waals surface area contributed by atoms with E-state index in [4.69, 9.17) is 26.8 Å². The van der Waals surface area contributed by atoms with Crippen LogP contribution in [0.4, 0.5) is 16.2 Å². The third-order valence-electron chi connectivity index (χ3n) is 10.7. The number of ether oxygens (including phenoxy) is 2. The number of aromatic nitrogens is 5. The van der Waals surface area contributed by atoms with Gasteiger partial charge in [0.05, 0.1) is 39.2 Å². The first-order chi connectivity index (χ1) is 26.1. The molecule has 3 saturated carbocycles. The Hall–Kier alpha value is -5.52. The van der Waals surface area contributed by atoms with Crippen LogP contribution in [0, 0.1) is 28.6 Å². The van der Waals surface area contributed by atoms with Gasteiger partial charge in [-0.1, -0.05) is 63.6 Å². The van der Waals surface area contributed by atoms with Crippen LogP contribution < -0.4 is 21.5 Å². The largest absolute Gasteiger partial charge is 0.427 e. The number of carbonyl (C=O) groups is 2. The number of nitrogens with two attached hydrogens (primary N) is 1. The van der Waals surface area contributed by atoms with Gasteiger partial charge in [-0.25, -0.2) is 9.48 Å². The first-order valence-electron chi connectivity index (χ1n) is 18.3. The van der Waals surface area contributed by atoms with Crippen LogP contribution in [0.25, 0.3) is 21.7 Å². The molecule has 15 heteroatoms. The zero-order valence-electron chi connectivity index (χ0n) is 31.7. The second kappa shape index (κ2) is 14.3. The summed E-state index contributed by atoms with van der Waals surface area (Å²) in [7, 11) is 1.67. The molecule has 3 fully saturated rings. The molecule has 2 atom stereocenters. The number of pyridine rings is 2. The summed E-state index contributed by atoms with van der Waals surface area (Å²) in [5, 5.41) is 24.5. The van der Waals surface area contributed by atoms with Crippen molar-refractivity contribution in [1.82, 2.24) is 24.5 Å². The maximum atomic E-state index is 14.7. The standard InChI is InChI=1S/C40H44ClN9O5/c1-22(2)32(43)37(52)54-21-55-38(53)50(25-12-29-33(45-20-39(3,4)5)24(17-42)18-44-34(29)30(41)13-25)35(31-19-49(47-46-31)40-14-23(15-40)16-40)27-8-7-9-28-26(27)10-11-48(6)36(28)51/h7-13,18-19,22-23,32,35H,14-16,20-21,43H2,1-6H3,(H,44,45). The molecule has 286 valence electrons. The van der Waals surface area contributed by atoms with Crippen molar-refractivity contribution >= 4 is 56.7 Å². The fourth-order valence-electron chi connectivity index (χ4n) is 7.36. The smallest absolute Gasteiger partial charge is 0.418 e. The van der Waals surface area contributed by atoms with Crippen LogP contribution >= 0.6 is 11.6 Å². The second-order valence-corrected chi connectivity index (χ2v) is 16.7. The van der Waals surface area contributed by atoms with E-state index in [1.807, 2.05) is 23.0 Å². The number of aryl methyl sites for hydroxylation is 1. The highest BCUT2D eigenvalue weighted by Crippen LogP contribution is 2.62. The first kappa shape index (κ1) is 37.8. The molecule has 3 heterocycles. The lowest BCUT2D eigenvalue weighted by Crippen LogP contribution is -2.59. The van der Waals surface area contributed by atoms with Gasteiger partial charge in [0.15, 0.2) is 0 Å². The molecule has 2 unspecified atom stereocenters. The number of nitriles is 1. The Morgan fingerprint density at radius 2 is 1.89 bits per heavy atom. The summed E-state index contributed by atoms with van der Waals surface area (Å²) in [5.41, 5.74) is 7.91. The fraction of sp³-hybridized carbons (Fsp3) is 0.425. The molecule has 0 radical (unpaired) electrons. The molecule has 5 aromatic rings. The number of anilines is 2. The van der Waals surface area contributed by atoms with Crippen LogP contribution in [0.3, 0.4) is 0 Å². The molecule has 3 aliphatic rings. The Morgan fingerprint density at radius 3 is 2.55 bits per heavy atom. The number of esters is 1. The molecule has 3 N–H and O–H groups in total. The van der Waals surface area contributed by atoms with E-state index in [2.05, 4.69) is 47.5 Å². The molecule has 0 aliphatic heterocycles. The molecule has 3 aliphatic carbocycles. The van der Waals surface area contributed by atoms with E-state index in [9.17, 15) is 19.6 Å². The van der Waals surface area contributed by atoms with Crippen LogP contribution in [0.1, 0.15) is 76.7 Å². The number of fused-ring (bicyclic) bond motifs is 2. The molecule has 3 aromatic heterocycles. The summed E-state index contributed by atoms with van der Waals surface area (Å²) < 4.78 is 14.4. The molecule has 55 heavy (non-hydrogen) atoms. The summed E-state index contributed by atoms with van der Waals surface area (Å²) in [6, 6.07) is 10.7. The van der Waals surface area contributed by atoms with Crippen molar-refractivity contribution in [2.75, 3.05) is 23.6 Å². The molecule has 0 saturated heterocycles. The number of hydrogen-bond donors (Lipinski definition) is 2. The van der Waals surface area contributed by atoms with E-state index in [-0.39, 0.29) is 38.7 Å². The van der Waals surface area contributed by atoms with Gasteiger partial charge in [-0.3, -0.25) is 19.5 Å². The van der Waals surface area contributed by atoms with Crippen molar-refractivity contribution in [2.45, 2.75) is 71.5 Å². The number of carbonyl (C=O) groups excluding carboxylic acids is 2. The number of benzene rings is 2. The van der Waals surface area contributed by atoms with E-state index in [0.29, 0.717) is 51.1 Å². The highest BCUT2D eigenvalue weighted by Gasteiger charge is 2.59. The molecule has 14 nitrogen and oxygen atoms in total. The number of amides is 1. The van der Waals surface area contributed by atoms with E-state index >= 15 is 0 Å². The predicted molar refractivity (Wildman–Crippen MR) is 209 cm³/mol. The zero-order valence-corrected chi connectivity index (χ0v) is 32.4. The van der Waals surface area contributed by atoms with Gasteiger partial charge >= 0.3 is 12.1 Å². The fourth-order valence-corrected chi connectivity index (χ4v) is 7.63. The van der Waals surface area contributed by atoms with E-state index in [1.165, 1.54) is 15.7 Å². The van der Waals surface area contributed by atoms with E-state index in [1.54, 1.807) is 51.4 Å². The monoisotopic (exact) mass is 765 g/mol. The van der Waals surface area contributed by atoms with E-state index in [0.717, 1.165) is 19.3 Å². The number of halogens is 1. The van der Waals surface area contributed by atoms with Crippen LogP contribution in [0.5, 0.6) is 0 Å². The summed E-state index contributed by atoms with van der Waals surface area (Å²) in [6.45, 7) is 9.54. The number of nitrogens with zero attached hydrogens (tertiary/aromatic N) is 7. The van der Waals surface area contributed by atoms with E-state index < -0.39 is 30.9 Å². The van der Waals surface area contributed by atoms with Crippen LogP contribution in [0.15, 0.2) is 59.8 Å². The summed E-state index contributed by atoms with van der Waals surface area (Å²) in [4.78, 5) is 46.7. The molecule has 1 amide bonds. The zero-order chi connectivity index (χ0) is 39.4. The third-order valence-corrected chi connectivity index (χ3v) is 11.0. The molecular weight excluding hydrogens is 722 g/mol. The first-order valence-corrected chi connectivity index (χ1v) is 18.6. The Balaban J connectivity index is 1.43. The van der Waals surface area contributed by atoms with Crippen LogP contribution in [0.2, 0.25) is 5.02 Å². The van der Waals surface area contributed by atoms with Crippen molar-refractivity contribution in [3.05, 3.63) is 87.2 Å². The lowest BCUT2D eigenvalue weighted by atomic mass is 9.50. The van der Waals surface area contributed by atoms with Gasteiger partial charge in [0.2, 0.25) is 6.79 Å². The summed E-state index contributed by atoms with van der Waals surface area (Å²) in [6.07, 6.45) is 7.05. The lowest BCUT2D eigenvalue weighted by molar-refractivity contribution is -0.154. The van der Waals surface area contributed by atoms with Gasteiger partial charge in [-0.2, -0.15) is 5.26 Å². The predicted octanol–water partition coefficient (Wildman–Crippen LogP) is 6.39. The van der Waals surface area contributed by atoms with Crippen molar-refractivity contribution < 1.29 is 19.1 Å². The highest BCUT2D eigenvalue weighted by molar-refractivity contribution is 6.36. The second-order valence-electron chi connectivity index (χ2n) is 16.3. The van der Waals surface area contributed by atoms with Crippen molar-refractivity contribution in [3.8, 4) is 6.07 Å². The molecule has 2 aromatic carbocycles. The minimum atomic E-state index is -1.04. The quantitative estimate of drug-likeness (QED) is 0.112. The Kier molecular flexibility index (Phi) is 9.81. The lowest BCUT2D eigenvalue weighted by Gasteiger charge is -2.61. The summed E-state index contributed by atoms with van der Waals surface area (Å²) >= 11 is 6.99. The van der Waals surface area contributed by atoms with Gasteiger partial charge < -0.3 is 25.1 Å². The highest BCUT2D eigenvalue weighted by atomic mass is 35.5. The van der Waals surface area contributed by atoms with Crippen LogP contribution in [-0.4, -0.2) is 56.0 Å². The Labute approximate surface area is 323 Å². The maximum Gasteiger partial charge on any atom is 0.418 e. The summed E-state index contributed by atoms with van der Waals surface area (Å²) in [5.74, 6) is -0.265. The topological polar surface area (TPSA) is 183 Å². The number of hydrogen-bond acceptors (Lipinski definition) is 11. The average molecular weight is 766 g/mol. The normalized spacial score (nSPS) is 18.6. The van der Waals surface area contributed by atoms with Crippen molar-refractivity contribution in [2.24, 2.45) is 30.0 Å². The van der Waals surface area contributed by atoms with Crippen molar-refractivity contribution in [1.29, 1.82) is 5.26 Å². The van der Waals surface area contributed by atoms with Gasteiger partial charge in [0, 0.05) is 36.8 Å². The third kappa shape index (κ3) is 6.98. The van der Waals surface area contributed by atoms with Gasteiger partial charge in [-0.05, 0) is 71.7 Å². The SMILES string of the molecule is CC(C)C(N)C(=O)OCOC(=O)N(c1cc(Cl)c2ncc(C#N)c(NCC(C)(C)C)c2c1)C(c1cn(C23CC(C2)C3)nn1)c1cccc2c(=O)n(C)ccc12. The average Bonchev–Trinajstić information content (AvgIpc) is 3.57. The van der Waals surface area contributed by atoms with Gasteiger partial charge in [-0.15, -0.1) is 5.10 Å². The number of rotatable bonds is 11. The molecular formula is C40H44ClN9O5. The minimum Gasteiger partial charge on any atom is -0.427 e. The number of nitrogens with one attached hydrogen (secondary N) is 1. The Bertz CT molecular complexity index is 2410. The maximum absolute atomic E-state index is 14.7. The minimum absolute atomic E-state index is 0.122. The Morgan fingerprint density at radius 1 is 1.15 bits per heavy atom.